The lowest BCUT2D eigenvalue weighted by molar-refractivity contribution is 0.504. The second kappa shape index (κ2) is 6.57. The standard InChI is InChI=1S/C17H29N3/c1-5-11-18-15(6-2)16-9-8-14(13-19-16)20-12-7-10-17(20,3)4/h8-9,13,15,18H,5-7,10-12H2,1-4H3. The highest BCUT2D eigenvalue weighted by atomic mass is 15.2. The van der Waals surface area contributed by atoms with E-state index in [4.69, 9.17) is 4.98 Å². The van der Waals surface area contributed by atoms with Crippen LogP contribution in [0.1, 0.15) is 65.1 Å². The zero-order valence-corrected chi connectivity index (χ0v) is 13.4. The van der Waals surface area contributed by atoms with Gasteiger partial charge in [0.2, 0.25) is 0 Å². The van der Waals surface area contributed by atoms with Crippen LogP contribution in [0.5, 0.6) is 0 Å². The van der Waals surface area contributed by atoms with Crippen molar-refractivity contribution in [2.75, 3.05) is 18.0 Å². The van der Waals surface area contributed by atoms with Gasteiger partial charge in [-0.1, -0.05) is 13.8 Å². The number of aromatic nitrogens is 1. The third-order valence-corrected chi connectivity index (χ3v) is 4.39. The Hall–Kier alpha value is -1.09. The summed E-state index contributed by atoms with van der Waals surface area (Å²) in [6.45, 7) is 11.3. The van der Waals surface area contributed by atoms with Gasteiger partial charge in [0, 0.05) is 18.1 Å². The van der Waals surface area contributed by atoms with Gasteiger partial charge in [-0.25, -0.2) is 0 Å². The van der Waals surface area contributed by atoms with Crippen LogP contribution in [0.3, 0.4) is 0 Å². The van der Waals surface area contributed by atoms with Gasteiger partial charge in [-0.15, -0.1) is 0 Å². The Morgan fingerprint density at radius 2 is 2.15 bits per heavy atom. The molecule has 1 N–H and O–H groups in total. The van der Waals surface area contributed by atoms with Crippen LogP contribution in [0.2, 0.25) is 0 Å². The van der Waals surface area contributed by atoms with E-state index in [1.165, 1.54) is 24.2 Å². The number of nitrogens with one attached hydrogen (secondary N) is 1. The van der Waals surface area contributed by atoms with Crippen molar-refractivity contribution in [2.24, 2.45) is 0 Å². The fourth-order valence-corrected chi connectivity index (χ4v) is 3.13. The molecule has 20 heavy (non-hydrogen) atoms. The molecule has 2 rings (SSSR count). The third kappa shape index (κ3) is 3.32. The minimum atomic E-state index is 0.272. The maximum absolute atomic E-state index is 4.71. The minimum Gasteiger partial charge on any atom is -0.365 e. The third-order valence-electron chi connectivity index (χ3n) is 4.39. The van der Waals surface area contributed by atoms with E-state index >= 15 is 0 Å². The lowest BCUT2D eigenvalue weighted by atomic mass is 10.0. The summed E-state index contributed by atoms with van der Waals surface area (Å²) in [5.74, 6) is 0. The molecule has 1 aliphatic rings. The van der Waals surface area contributed by atoms with Crippen LogP contribution in [0.15, 0.2) is 18.3 Å². The molecular formula is C17H29N3. The van der Waals surface area contributed by atoms with E-state index in [2.05, 4.69) is 56.2 Å². The highest BCUT2D eigenvalue weighted by molar-refractivity contribution is 5.48. The molecule has 3 heteroatoms. The molecule has 0 spiro atoms. The van der Waals surface area contributed by atoms with E-state index in [1.807, 2.05) is 0 Å². The van der Waals surface area contributed by atoms with E-state index in [1.54, 1.807) is 0 Å². The maximum atomic E-state index is 4.71. The van der Waals surface area contributed by atoms with Crippen molar-refractivity contribution in [3.05, 3.63) is 24.0 Å². The molecule has 0 aliphatic carbocycles. The van der Waals surface area contributed by atoms with Crippen LogP contribution >= 0.6 is 0 Å². The second-order valence-corrected chi connectivity index (χ2v) is 6.42. The summed E-state index contributed by atoms with van der Waals surface area (Å²) in [6.07, 6.45) is 6.85. The summed E-state index contributed by atoms with van der Waals surface area (Å²) in [6, 6.07) is 4.82. The summed E-state index contributed by atoms with van der Waals surface area (Å²) in [5, 5.41) is 3.56. The summed E-state index contributed by atoms with van der Waals surface area (Å²) in [5.41, 5.74) is 2.71. The predicted octanol–water partition coefficient (Wildman–Crippen LogP) is 3.91. The normalized spacial score (nSPS) is 19.3. The predicted molar refractivity (Wildman–Crippen MR) is 86.2 cm³/mol. The molecule has 2 heterocycles. The Labute approximate surface area is 123 Å². The van der Waals surface area contributed by atoms with Gasteiger partial charge in [-0.2, -0.15) is 0 Å². The molecule has 0 aromatic carbocycles. The number of pyridine rings is 1. The Bertz CT molecular complexity index is 411. The highest BCUT2D eigenvalue weighted by Gasteiger charge is 2.32. The molecule has 0 bridgehead atoms. The second-order valence-electron chi connectivity index (χ2n) is 6.42. The van der Waals surface area contributed by atoms with Gasteiger partial charge in [0.15, 0.2) is 0 Å². The molecule has 3 nitrogen and oxygen atoms in total. The Kier molecular flexibility index (Phi) is 5.03. The molecule has 1 atom stereocenters. The van der Waals surface area contributed by atoms with Crippen molar-refractivity contribution in [3.8, 4) is 0 Å². The van der Waals surface area contributed by atoms with Crippen molar-refractivity contribution in [3.63, 3.8) is 0 Å². The van der Waals surface area contributed by atoms with Crippen LogP contribution in [-0.4, -0.2) is 23.6 Å². The number of hydrogen-bond donors (Lipinski definition) is 1. The number of nitrogens with zero attached hydrogens (tertiary/aromatic N) is 2. The lowest BCUT2D eigenvalue weighted by Crippen LogP contribution is -2.38. The SMILES string of the molecule is CCCNC(CC)c1ccc(N2CCCC2(C)C)cn1. The van der Waals surface area contributed by atoms with Crippen LogP contribution in [-0.2, 0) is 0 Å². The fourth-order valence-electron chi connectivity index (χ4n) is 3.13. The van der Waals surface area contributed by atoms with Crippen molar-refractivity contribution in [1.82, 2.24) is 10.3 Å². The molecule has 1 fully saturated rings. The quantitative estimate of drug-likeness (QED) is 0.853. The maximum Gasteiger partial charge on any atom is 0.0574 e. The molecule has 0 radical (unpaired) electrons. The van der Waals surface area contributed by atoms with Crippen LogP contribution in [0.25, 0.3) is 0 Å². The summed E-state index contributed by atoms with van der Waals surface area (Å²) in [4.78, 5) is 7.20. The highest BCUT2D eigenvalue weighted by Crippen LogP contribution is 2.33. The van der Waals surface area contributed by atoms with Crippen molar-refractivity contribution in [2.45, 2.75) is 65.0 Å². The van der Waals surface area contributed by atoms with Gasteiger partial charge in [-0.3, -0.25) is 4.98 Å². The number of rotatable bonds is 6. The zero-order valence-electron chi connectivity index (χ0n) is 13.4. The monoisotopic (exact) mass is 275 g/mol. The summed E-state index contributed by atoms with van der Waals surface area (Å²) in [7, 11) is 0. The Balaban J connectivity index is 2.09. The smallest absolute Gasteiger partial charge is 0.0574 e. The molecule has 1 aromatic heterocycles. The van der Waals surface area contributed by atoms with Gasteiger partial charge in [-0.05, 0) is 58.2 Å². The number of hydrogen-bond acceptors (Lipinski definition) is 3. The largest absolute Gasteiger partial charge is 0.365 e. The first-order chi connectivity index (χ1) is 9.58. The topological polar surface area (TPSA) is 28.2 Å². The minimum absolute atomic E-state index is 0.272. The molecule has 1 aliphatic heterocycles. The van der Waals surface area contributed by atoms with Gasteiger partial charge in [0.05, 0.1) is 17.6 Å². The molecule has 0 saturated carbocycles. The molecule has 1 aromatic rings. The van der Waals surface area contributed by atoms with Gasteiger partial charge in [0.25, 0.3) is 0 Å². The average Bonchev–Trinajstić information content (AvgIpc) is 2.80. The van der Waals surface area contributed by atoms with E-state index in [-0.39, 0.29) is 5.54 Å². The molecule has 112 valence electrons. The lowest BCUT2D eigenvalue weighted by Gasteiger charge is -2.33. The molecule has 1 saturated heterocycles. The first-order valence-corrected chi connectivity index (χ1v) is 8.05. The zero-order chi connectivity index (χ0) is 14.6. The first kappa shape index (κ1) is 15.3. The summed E-state index contributed by atoms with van der Waals surface area (Å²) < 4.78 is 0. The van der Waals surface area contributed by atoms with Crippen LogP contribution < -0.4 is 10.2 Å². The molecule has 0 amide bonds. The number of anilines is 1. The summed E-state index contributed by atoms with van der Waals surface area (Å²) >= 11 is 0. The van der Waals surface area contributed by atoms with E-state index in [0.717, 1.165) is 25.9 Å². The van der Waals surface area contributed by atoms with Crippen molar-refractivity contribution >= 4 is 5.69 Å². The van der Waals surface area contributed by atoms with Gasteiger partial charge < -0.3 is 10.2 Å². The van der Waals surface area contributed by atoms with Gasteiger partial charge in [0.1, 0.15) is 0 Å². The van der Waals surface area contributed by atoms with Crippen molar-refractivity contribution < 1.29 is 0 Å². The van der Waals surface area contributed by atoms with E-state index < -0.39 is 0 Å². The van der Waals surface area contributed by atoms with Gasteiger partial charge >= 0.3 is 0 Å². The van der Waals surface area contributed by atoms with Crippen molar-refractivity contribution in [1.29, 1.82) is 0 Å². The fraction of sp³-hybridized carbons (Fsp3) is 0.706. The van der Waals surface area contributed by atoms with E-state index in [0.29, 0.717) is 6.04 Å². The van der Waals surface area contributed by atoms with Crippen LogP contribution in [0, 0.1) is 0 Å². The average molecular weight is 275 g/mol. The van der Waals surface area contributed by atoms with Crippen LogP contribution in [0.4, 0.5) is 5.69 Å². The first-order valence-electron chi connectivity index (χ1n) is 8.05. The molecular weight excluding hydrogens is 246 g/mol. The van der Waals surface area contributed by atoms with E-state index in [9.17, 15) is 0 Å². The Morgan fingerprint density at radius 3 is 2.65 bits per heavy atom. The Morgan fingerprint density at radius 1 is 1.35 bits per heavy atom. The molecule has 1 unspecified atom stereocenters.